The number of aryl methyl sites for hydroxylation is 1. The molecule has 0 radical (unpaired) electrons. The average molecular weight is 371 g/mol. The van der Waals surface area contributed by atoms with Gasteiger partial charge in [-0.05, 0) is 48.4 Å². The Balaban J connectivity index is 2.39. The van der Waals surface area contributed by atoms with Crippen molar-refractivity contribution in [2.75, 3.05) is 10.5 Å². The minimum Gasteiger partial charge on any atom is -0.506 e. The SMILES string of the molecule is CCc1cc(Br)ccc1NS(=O)(=O)c1ccc(O)c(N)c1. The Labute approximate surface area is 132 Å². The summed E-state index contributed by atoms with van der Waals surface area (Å²) in [7, 11) is -3.75. The highest BCUT2D eigenvalue weighted by Gasteiger charge is 2.17. The molecule has 0 aliphatic rings. The molecule has 0 amide bonds. The van der Waals surface area contributed by atoms with Gasteiger partial charge in [-0.1, -0.05) is 22.9 Å². The Morgan fingerprint density at radius 1 is 1.24 bits per heavy atom. The Kier molecular flexibility index (Phi) is 4.43. The van der Waals surface area contributed by atoms with Crippen molar-refractivity contribution in [3.05, 3.63) is 46.4 Å². The van der Waals surface area contributed by atoms with Gasteiger partial charge in [-0.25, -0.2) is 8.42 Å². The van der Waals surface area contributed by atoms with Crippen LogP contribution in [-0.2, 0) is 16.4 Å². The molecule has 0 heterocycles. The summed E-state index contributed by atoms with van der Waals surface area (Å²) in [5.41, 5.74) is 6.95. The number of anilines is 2. The second-order valence-electron chi connectivity index (χ2n) is 4.48. The molecule has 0 saturated carbocycles. The molecule has 112 valence electrons. The fraction of sp³-hybridized carbons (Fsp3) is 0.143. The minimum atomic E-state index is -3.75. The van der Waals surface area contributed by atoms with Gasteiger partial charge in [0.05, 0.1) is 16.3 Å². The van der Waals surface area contributed by atoms with Gasteiger partial charge >= 0.3 is 0 Å². The lowest BCUT2D eigenvalue weighted by molar-refractivity contribution is 0.477. The van der Waals surface area contributed by atoms with E-state index < -0.39 is 10.0 Å². The maximum Gasteiger partial charge on any atom is 0.261 e. The van der Waals surface area contributed by atoms with E-state index in [9.17, 15) is 13.5 Å². The predicted molar refractivity (Wildman–Crippen MR) is 86.8 cm³/mol. The van der Waals surface area contributed by atoms with Crippen molar-refractivity contribution in [1.29, 1.82) is 0 Å². The number of nitrogens with two attached hydrogens (primary N) is 1. The number of phenolic OH excluding ortho intramolecular Hbond substituents is 1. The first-order valence-corrected chi connectivity index (χ1v) is 8.51. The number of sulfonamides is 1. The summed E-state index contributed by atoms with van der Waals surface area (Å²) in [5, 5.41) is 9.37. The Bertz CT molecular complexity index is 776. The molecule has 21 heavy (non-hydrogen) atoms. The van der Waals surface area contributed by atoms with Crippen LogP contribution in [0.1, 0.15) is 12.5 Å². The number of phenols is 1. The zero-order valence-corrected chi connectivity index (χ0v) is 13.7. The second-order valence-corrected chi connectivity index (χ2v) is 7.08. The first kappa shape index (κ1) is 15.7. The standard InChI is InChI=1S/C14H15BrN2O3S/c1-2-9-7-10(15)3-5-13(9)17-21(19,20)11-4-6-14(18)12(16)8-11/h3-8,17-18H,2,16H2,1H3. The number of halogens is 1. The van der Waals surface area contributed by atoms with Crippen molar-refractivity contribution in [3.63, 3.8) is 0 Å². The molecule has 0 saturated heterocycles. The van der Waals surface area contributed by atoms with Crippen LogP contribution in [0.2, 0.25) is 0 Å². The smallest absolute Gasteiger partial charge is 0.261 e. The molecule has 5 nitrogen and oxygen atoms in total. The molecule has 0 spiro atoms. The summed E-state index contributed by atoms with van der Waals surface area (Å²) in [6, 6.07) is 9.11. The summed E-state index contributed by atoms with van der Waals surface area (Å²) < 4.78 is 28.1. The van der Waals surface area contributed by atoms with E-state index in [1.54, 1.807) is 12.1 Å². The molecule has 4 N–H and O–H groups in total. The number of hydrogen-bond donors (Lipinski definition) is 3. The third kappa shape index (κ3) is 3.48. The van der Waals surface area contributed by atoms with E-state index in [1.165, 1.54) is 18.2 Å². The average Bonchev–Trinajstić information content (AvgIpc) is 2.43. The molecule has 2 aromatic rings. The Hall–Kier alpha value is -1.73. The molecule has 2 aromatic carbocycles. The fourth-order valence-electron chi connectivity index (χ4n) is 1.86. The molecular weight excluding hydrogens is 356 g/mol. The number of rotatable bonds is 4. The molecule has 0 aliphatic carbocycles. The van der Waals surface area contributed by atoms with Gasteiger partial charge in [0.25, 0.3) is 10.0 Å². The minimum absolute atomic E-state index is 0.00257. The van der Waals surface area contributed by atoms with Gasteiger partial charge in [0.15, 0.2) is 0 Å². The highest BCUT2D eigenvalue weighted by molar-refractivity contribution is 9.10. The monoisotopic (exact) mass is 370 g/mol. The predicted octanol–water partition coefficient (Wildman–Crippen LogP) is 3.10. The molecule has 0 aromatic heterocycles. The zero-order valence-electron chi connectivity index (χ0n) is 11.3. The first-order chi connectivity index (χ1) is 9.83. The molecule has 7 heteroatoms. The van der Waals surface area contributed by atoms with Crippen LogP contribution in [0.15, 0.2) is 45.8 Å². The zero-order chi connectivity index (χ0) is 15.6. The van der Waals surface area contributed by atoms with E-state index in [-0.39, 0.29) is 16.3 Å². The summed E-state index contributed by atoms with van der Waals surface area (Å²) in [6.07, 6.45) is 0.689. The van der Waals surface area contributed by atoms with Gasteiger partial charge in [-0.15, -0.1) is 0 Å². The summed E-state index contributed by atoms with van der Waals surface area (Å²) >= 11 is 3.36. The van der Waals surface area contributed by atoms with Gasteiger partial charge in [0.1, 0.15) is 5.75 Å². The maximum absolute atomic E-state index is 12.4. The van der Waals surface area contributed by atoms with E-state index >= 15 is 0 Å². The lowest BCUT2D eigenvalue weighted by Crippen LogP contribution is -2.14. The largest absolute Gasteiger partial charge is 0.506 e. The lowest BCUT2D eigenvalue weighted by Gasteiger charge is -2.12. The Morgan fingerprint density at radius 2 is 1.95 bits per heavy atom. The normalized spacial score (nSPS) is 11.3. The van der Waals surface area contributed by atoms with Gasteiger partial charge < -0.3 is 10.8 Å². The summed E-state index contributed by atoms with van der Waals surface area (Å²) in [5.74, 6) is -0.146. The summed E-state index contributed by atoms with van der Waals surface area (Å²) in [4.78, 5) is 0.00257. The van der Waals surface area contributed by atoms with Crippen molar-refractivity contribution in [1.82, 2.24) is 0 Å². The molecule has 0 fully saturated rings. The van der Waals surface area contributed by atoms with E-state index in [4.69, 9.17) is 5.73 Å². The summed E-state index contributed by atoms with van der Waals surface area (Å²) in [6.45, 7) is 1.94. The number of benzene rings is 2. The highest BCUT2D eigenvalue weighted by atomic mass is 79.9. The van der Waals surface area contributed by atoms with Crippen LogP contribution in [0.3, 0.4) is 0 Å². The molecule has 0 unspecified atom stereocenters. The van der Waals surface area contributed by atoms with Gasteiger partial charge in [0.2, 0.25) is 0 Å². The van der Waals surface area contributed by atoms with Crippen LogP contribution in [0.4, 0.5) is 11.4 Å². The van der Waals surface area contributed by atoms with Crippen LogP contribution >= 0.6 is 15.9 Å². The molecule has 0 aliphatic heterocycles. The van der Waals surface area contributed by atoms with Crippen molar-refractivity contribution in [2.24, 2.45) is 0 Å². The van der Waals surface area contributed by atoms with E-state index in [1.807, 2.05) is 13.0 Å². The molecular formula is C14H15BrN2O3S. The van der Waals surface area contributed by atoms with Crippen molar-refractivity contribution in [3.8, 4) is 5.75 Å². The van der Waals surface area contributed by atoms with E-state index in [2.05, 4.69) is 20.7 Å². The number of aromatic hydroxyl groups is 1. The van der Waals surface area contributed by atoms with Crippen molar-refractivity contribution < 1.29 is 13.5 Å². The number of nitrogens with one attached hydrogen (secondary N) is 1. The van der Waals surface area contributed by atoms with Crippen LogP contribution < -0.4 is 10.5 Å². The third-order valence-electron chi connectivity index (χ3n) is 3.00. The molecule has 0 bridgehead atoms. The fourth-order valence-corrected chi connectivity index (χ4v) is 3.40. The lowest BCUT2D eigenvalue weighted by atomic mass is 10.1. The molecule has 0 atom stereocenters. The third-order valence-corrected chi connectivity index (χ3v) is 4.86. The highest BCUT2D eigenvalue weighted by Crippen LogP contribution is 2.27. The van der Waals surface area contributed by atoms with Crippen LogP contribution in [-0.4, -0.2) is 13.5 Å². The first-order valence-electron chi connectivity index (χ1n) is 6.23. The van der Waals surface area contributed by atoms with Gasteiger partial charge in [0, 0.05) is 4.47 Å². The second kappa shape index (κ2) is 5.95. The molecule has 2 rings (SSSR count). The topological polar surface area (TPSA) is 92.4 Å². The van der Waals surface area contributed by atoms with Crippen molar-refractivity contribution >= 4 is 37.3 Å². The van der Waals surface area contributed by atoms with Gasteiger partial charge in [-0.3, -0.25) is 4.72 Å². The van der Waals surface area contributed by atoms with Crippen LogP contribution in [0.5, 0.6) is 5.75 Å². The maximum atomic E-state index is 12.4. The number of nitrogen functional groups attached to an aromatic ring is 1. The number of hydrogen-bond acceptors (Lipinski definition) is 4. The van der Waals surface area contributed by atoms with E-state index in [0.717, 1.165) is 10.0 Å². The quantitative estimate of drug-likeness (QED) is 0.569. The van der Waals surface area contributed by atoms with Crippen LogP contribution in [0.25, 0.3) is 0 Å². The van der Waals surface area contributed by atoms with E-state index in [0.29, 0.717) is 12.1 Å². The van der Waals surface area contributed by atoms with Gasteiger partial charge in [-0.2, -0.15) is 0 Å². The van der Waals surface area contributed by atoms with Crippen LogP contribution in [0, 0.1) is 0 Å². The Morgan fingerprint density at radius 3 is 2.57 bits per heavy atom. The van der Waals surface area contributed by atoms with Crippen molar-refractivity contribution in [2.45, 2.75) is 18.2 Å².